The van der Waals surface area contributed by atoms with Gasteiger partial charge in [-0.3, -0.25) is 9.69 Å². The molecule has 0 spiro atoms. The lowest BCUT2D eigenvalue weighted by molar-refractivity contribution is 0.0959. The predicted molar refractivity (Wildman–Crippen MR) is 96.4 cm³/mol. The van der Waals surface area contributed by atoms with E-state index in [2.05, 4.69) is 20.2 Å². The molecule has 1 saturated heterocycles. The highest BCUT2D eigenvalue weighted by Crippen LogP contribution is 2.23. The summed E-state index contributed by atoms with van der Waals surface area (Å²) in [4.78, 5) is 22.6. The summed E-state index contributed by atoms with van der Waals surface area (Å²) in [5, 5.41) is 2.52. The van der Waals surface area contributed by atoms with Gasteiger partial charge in [-0.25, -0.2) is 9.97 Å². The smallest absolute Gasteiger partial charge is 0.273 e. The number of nitrogens with two attached hydrogens (primary N) is 1. The van der Waals surface area contributed by atoms with Gasteiger partial charge in [-0.15, -0.1) is 0 Å². The van der Waals surface area contributed by atoms with E-state index < -0.39 is 0 Å². The summed E-state index contributed by atoms with van der Waals surface area (Å²) in [6.45, 7) is 3.91. The van der Waals surface area contributed by atoms with Gasteiger partial charge in [0.05, 0.1) is 11.9 Å². The summed E-state index contributed by atoms with van der Waals surface area (Å²) in [5.74, 6) is 0.530. The first-order chi connectivity index (χ1) is 12.2. The van der Waals surface area contributed by atoms with Crippen LogP contribution in [0.15, 0.2) is 30.5 Å². The summed E-state index contributed by atoms with van der Waals surface area (Å²) in [6, 6.07) is 7.62. The van der Waals surface area contributed by atoms with E-state index in [1.807, 2.05) is 24.3 Å². The molecule has 1 amide bonds. The molecule has 3 N–H and O–H groups in total. The van der Waals surface area contributed by atoms with Gasteiger partial charge in [0.25, 0.3) is 5.91 Å². The molecule has 0 atom stereocenters. The van der Waals surface area contributed by atoms with Crippen LogP contribution in [0.2, 0.25) is 0 Å². The molecule has 7 nitrogen and oxygen atoms in total. The Hall–Kier alpha value is -2.67. The number of amides is 1. The highest BCUT2D eigenvalue weighted by molar-refractivity contribution is 5.96. The topological polar surface area (TPSA) is 93.4 Å². The van der Waals surface area contributed by atoms with Crippen molar-refractivity contribution in [3.8, 4) is 17.0 Å². The maximum absolute atomic E-state index is 11.8. The summed E-state index contributed by atoms with van der Waals surface area (Å²) in [6.07, 6.45) is 4.11. The number of nitrogen functional groups attached to an aromatic ring is 1. The predicted octanol–water partition coefficient (Wildman–Crippen LogP) is 1.56. The van der Waals surface area contributed by atoms with E-state index in [0.29, 0.717) is 12.3 Å². The Kier molecular flexibility index (Phi) is 5.45. The minimum Gasteiger partial charge on any atom is -0.492 e. The van der Waals surface area contributed by atoms with Crippen molar-refractivity contribution in [1.82, 2.24) is 20.2 Å². The van der Waals surface area contributed by atoms with E-state index in [0.717, 1.165) is 30.9 Å². The molecule has 3 rings (SSSR count). The van der Waals surface area contributed by atoms with E-state index in [9.17, 15) is 4.79 Å². The standard InChI is InChI=1S/C18H23N5O2/c1-20-18(24)16-17(19)21-12-15(22-16)13-5-4-6-14(11-13)25-10-9-23-7-2-3-8-23/h4-6,11-12H,2-3,7-10H2,1H3,(H2,19,21)(H,20,24). The lowest BCUT2D eigenvalue weighted by atomic mass is 10.1. The lowest BCUT2D eigenvalue weighted by Crippen LogP contribution is -2.25. The number of benzene rings is 1. The monoisotopic (exact) mass is 341 g/mol. The average molecular weight is 341 g/mol. The zero-order chi connectivity index (χ0) is 17.6. The van der Waals surface area contributed by atoms with Crippen molar-refractivity contribution in [3.63, 3.8) is 0 Å². The van der Waals surface area contributed by atoms with E-state index in [-0.39, 0.29) is 17.4 Å². The highest BCUT2D eigenvalue weighted by Gasteiger charge is 2.14. The Morgan fingerprint density at radius 1 is 1.36 bits per heavy atom. The van der Waals surface area contributed by atoms with Gasteiger partial charge in [-0.2, -0.15) is 0 Å². The molecule has 1 aliphatic heterocycles. The van der Waals surface area contributed by atoms with Crippen LogP contribution >= 0.6 is 0 Å². The fourth-order valence-corrected chi connectivity index (χ4v) is 2.87. The minimum absolute atomic E-state index is 0.112. The number of anilines is 1. The summed E-state index contributed by atoms with van der Waals surface area (Å²) in [5.41, 5.74) is 7.27. The third-order valence-electron chi connectivity index (χ3n) is 4.25. The molecule has 0 bridgehead atoms. The molecular weight excluding hydrogens is 318 g/mol. The molecule has 1 aliphatic rings. The fraction of sp³-hybridized carbons (Fsp3) is 0.389. The largest absolute Gasteiger partial charge is 0.492 e. The molecule has 0 saturated carbocycles. The number of likely N-dealkylation sites (tertiary alicyclic amines) is 1. The van der Waals surface area contributed by atoms with Gasteiger partial charge in [-0.1, -0.05) is 12.1 Å². The van der Waals surface area contributed by atoms with Crippen LogP contribution in [0.1, 0.15) is 23.3 Å². The number of nitrogens with zero attached hydrogens (tertiary/aromatic N) is 3. The zero-order valence-corrected chi connectivity index (χ0v) is 14.4. The molecule has 132 valence electrons. The van der Waals surface area contributed by atoms with Crippen molar-refractivity contribution >= 4 is 11.7 Å². The number of hydrogen-bond acceptors (Lipinski definition) is 6. The van der Waals surface area contributed by atoms with Crippen LogP contribution in [0.3, 0.4) is 0 Å². The van der Waals surface area contributed by atoms with Crippen LogP contribution in [0.25, 0.3) is 11.3 Å². The number of carbonyl (C=O) groups excluding carboxylic acids is 1. The Morgan fingerprint density at radius 2 is 2.16 bits per heavy atom. The lowest BCUT2D eigenvalue weighted by Gasteiger charge is -2.15. The molecule has 0 aliphatic carbocycles. The van der Waals surface area contributed by atoms with Crippen molar-refractivity contribution in [2.75, 3.05) is 39.0 Å². The number of nitrogens with one attached hydrogen (secondary N) is 1. The maximum Gasteiger partial charge on any atom is 0.273 e. The molecule has 0 unspecified atom stereocenters. The number of hydrogen-bond donors (Lipinski definition) is 2. The van der Waals surface area contributed by atoms with Crippen LogP contribution in [0.5, 0.6) is 5.75 Å². The zero-order valence-electron chi connectivity index (χ0n) is 14.4. The summed E-state index contributed by atoms with van der Waals surface area (Å²) >= 11 is 0. The molecule has 1 fully saturated rings. The second-order valence-electron chi connectivity index (χ2n) is 5.99. The van der Waals surface area contributed by atoms with Crippen molar-refractivity contribution in [2.45, 2.75) is 12.8 Å². The SMILES string of the molecule is CNC(=O)c1nc(-c2cccc(OCCN3CCCC3)c2)cnc1N. The van der Waals surface area contributed by atoms with E-state index in [1.54, 1.807) is 6.20 Å². The third kappa shape index (κ3) is 4.24. The first kappa shape index (κ1) is 17.2. The van der Waals surface area contributed by atoms with E-state index in [4.69, 9.17) is 10.5 Å². The first-order valence-corrected chi connectivity index (χ1v) is 8.47. The van der Waals surface area contributed by atoms with Crippen molar-refractivity contribution in [3.05, 3.63) is 36.2 Å². The van der Waals surface area contributed by atoms with Crippen molar-refractivity contribution in [2.24, 2.45) is 0 Å². The Labute approximate surface area is 147 Å². The van der Waals surface area contributed by atoms with Crippen LogP contribution in [-0.4, -0.2) is 54.1 Å². The second kappa shape index (κ2) is 7.94. The van der Waals surface area contributed by atoms with Crippen molar-refractivity contribution in [1.29, 1.82) is 0 Å². The molecule has 1 aromatic heterocycles. The summed E-state index contributed by atoms with van der Waals surface area (Å²) in [7, 11) is 1.53. The van der Waals surface area contributed by atoms with E-state index in [1.165, 1.54) is 19.9 Å². The molecule has 7 heteroatoms. The van der Waals surface area contributed by atoms with Gasteiger partial charge in [0.2, 0.25) is 0 Å². The van der Waals surface area contributed by atoms with Crippen LogP contribution in [0.4, 0.5) is 5.82 Å². The van der Waals surface area contributed by atoms with Gasteiger partial charge >= 0.3 is 0 Å². The molecule has 2 heterocycles. The normalized spacial score (nSPS) is 14.4. The maximum atomic E-state index is 11.8. The minimum atomic E-state index is -0.357. The van der Waals surface area contributed by atoms with Crippen LogP contribution in [0, 0.1) is 0 Å². The number of rotatable bonds is 6. The van der Waals surface area contributed by atoms with Gasteiger partial charge in [0.15, 0.2) is 11.5 Å². The number of ether oxygens (including phenoxy) is 1. The highest BCUT2D eigenvalue weighted by atomic mass is 16.5. The van der Waals surface area contributed by atoms with Gasteiger partial charge in [0, 0.05) is 19.2 Å². The van der Waals surface area contributed by atoms with Gasteiger partial charge in [-0.05, 0) is 38.1 Å². The summed E-state index contributed by atoms with van der Waals surface area (Å²) < 4.78 is 5.86. The molecule has 1 aromatic carbocycles. The Morgan fingerprint density at radius 3 is 2.92 bits per heavy atom. The number of aromatic nitrogens is 2. The molecular formula is C18H23N5O2. The third-order valence-corrected chi connectivity index (χ3v) is 4.25. The Balaban J connectivity index is 1.71. The quantitative estimate of drug-likeness (QED) is 0.828. The Bertz CT molecular complexity index is 744. The number of carbonyl (C=O) groups is 1. The van der Waals surface area contributed by atoms with Crippen LogP contribution < -0.4 is 15.8 Å². The van der Waals surface area contributed by atoms with E-state index >= 15 is 0 Å². The van der Waals surface area contributed by atoms with Gasteiger partial charge < -0.3 is 15.8 Å². The fourth-order valence-electron chi connectivity index (χ4n) is 2.87. The second-order valence-corrected chi connectivity index (χ2v) is 5.99. The molecule has 2 aromatic rings. The van der Waals surface area contributed by atoms with Gasteiger partial charge in [0.1, 0.15) is 12.4 Å². The average Bonchev–Trinajstić information content (AvgIpc) is 3.15. The molecule has 0 radical (unpaired) electrons. The molecule has 25 heavy (non-hydrogen) atoms. The van der Waals surface area contributed by atoms with Crippen LogP contribution in [-0.2, 0) is 0 Å². The first-order valence-electron chi connectivity index (χ1n) is 8.47. The van der Waals surface area contributed by atoms with Crippen molar-refractivity contribution < 1.29 is 9.53 Å².